The number of esters is 1. The smallest absolute Gasteiger partial charge is 0.310 e. The maximum Gasteiger partial charge on any atom is 0.310 e. The zero-order chi connectivity index (χ0) is 18.7. The van der Waals surface area contributed by atoms with Crippen LogP contribution in [0.3, 0.4) is 0 Å². The van der Waals surface area contributed by atoms with Gasteiger partial charge in [0.05, 0.1) is 26.6 Å². The van der Waals surface area contributed by atoms with Crippen LogP contribution in [0.2, 0.25) is 0 Å². The summed E-state index contributed by atoms with van der Waals surface area (Å²) in [7, 11) is 3.00. The Bertz CT molecular complexity index is 527. The van der Waals surface area contributed by atoms with Crippen molar-refractivity contribution < 1.29 is 19.1 Å². The third-order valence-electron chi connectivity index (χ3n) is 4.25. The van der Waals surface area contributed by atoms with E-state index in [0.29, 0.717) is 19.5 Å². The van der Waals surface area contributed by atoms with E-state index in [1.165, 1.54) is 7.11 Å². The summed E-state index contributed by atoms with van der Waals surface area (Å²) in [5, 5.41) is 0. The highest BCUT2D eigenvalue weighted by Crippen LogP contribution is 2.14. The number of rotatable bonds is 11. The highest BCUT2D eigenvalue weighted by Gasteiger charge is 2.21. The standard InChI is InChI=1S/C20H31NO4/c1-5-6-7-8-13-21(15-16(2)20(23)25-4)19(22)14-17-9-11-18(24-3)12-10-17/h9-12,16H,5-8,13-15H2,1-4H3. The van der Waals surface area contributed by atoms with Gasteiger partial charge in [0, 0.05) is 13.1 Å². The lowest BCUT2D eigenvalue weighted by Gasteiger charge is -2.25. The van der Waals surface area contributed by atoms with Crippen molar-refractivity contribution >= 4 is 11.9 Å². The van der Waals surface area contributed by atoms with E-state index in [1.54, 1.807) is 18.9 Å². The van der Waals surface area contributed by atoms with Gasteiger partial charge < -0.3 is 14.4 Å². The summed E-state index contributed by atoms with van der Waals surface area (Å²) < 4.78 is 9.93. The molecule has 0 fully saturated rings. The molecule has 0 spiro atoms. The number of nitrogens with zero attached hydrogens (tertiary/aromatic N) is 1. The fourth-order valence-corrected chi connectivity index (χ4v) is 2.68. The second-order valence-electron chi connectivity index (χ2n) is 6.35. The molecule has 0 radical (unpaired) electrons. The van der Waals surface area contributed by atoms with Crippen LogP contribution in [0.1, 0.15) is 45.1 Å². The van der Waals surface area contributed by atoms with Gasteiger partial charge in [0.1, 0.15) is 5.75 Å². The van der Waals surface area contributed by atoms with E-state index in [0.717, 1.165) is 37.0 Å². The molecule has 25 heavy (non-hydrogen) atoms. The largest absolute Gasteiger partial charge is 0.497 e. The van der Waals surface area contributed by atoms with E-state index in [4.69, 9.17) is 9.47 Å². The lowest BCUT2D eigenvalue weighted by molar-refractivity contribution is -0.146. The number of benzene rings is 1. The third kappa shape index (κ3) is 7.59. The summed E-state index contributed by atoms with van der Waals surface area (Å²) in [6, 6.07) is 7.50. The predicted octanol–water partition coefficient (Wildman–Crippen LogP) is 3.46. The van der Waals surface area contributed by atoms with Crippen molar-refractivity contribution in [2.45, 2.75) is 46.0 Å². The quantitative estimate of drug-likeness (QED) is 0.453. The minimum Gasteiger partial charge on any atom is -0.497 e. The van der Waals surface area contributed by atoms with Gasteiger partial charge in [-0.05, 0) is 24.1 Å². The molecular formula is C20H31NO4. The van der Waals surface area contributed by atoms with Gasteiger partial charge >= 0.3 is 5.97 Å². The summed E-state index contributed by atoms with van der Waals surface area (Å²) in [4.78, 5) is 26.2. The van der Waals surface area contributed by atoms with Gasteiger partial charge in [-0.3, -0.25) is 9.59 Å². The van der Waals surface area contributed by atoms with E-state index in [9.17, 15) is 9.59 Å². The van der Waals surface area contributed by atoms with Crippen LogP contribution >= 0.6 is 0 Å². The number of methoxy groups -OCH3 is 2. The van der Waals surface area contributed by atoms with Crippen molar-refractivity contribution in [2.75, 3.05) is 27.3 Å². The molecular weight excluding hydrogens is 318 g/mol. The zero-order valence-electron chi connectivity index (χ0n) is 15.9. The Kier molecular flexibility index (Phi) is 9.66. The Morgan fingerprint density at radius 1 is 1.08 bits per heavy atom. The van der Waals surface area contributed by atoms with Crippen molar-refractivity contribution in [2.24, 2.45) is 5.92 Å². The fourth-order valence-electron chi connectivity index (χ4n) is 2.68. The molecule has 0 aromatic heterocycles. The Morgan fingerprint density at radius 3 is 2.32 bits per heavy atom. The molecule has 140 valence electrons. The topological polar surface area (TPSA) is 55.8 Å². The Balaban J connectivity index is 2.69. The van der Waals surface area contributed by atoms with Gasteiger partial charge in [-0.15, -0.1) is 0 Å². The molecule has 0 bridgehead atoms. The van der Waals surface area contributed by atoms with Crippen LogP contribution in [-0.4, -0.2) is 44.1 Å². The molecule has 1 aromatic rings. The van der Waals surface area contributed by atoms with E-state index < -0.39 is 0 Å². The molecule has 0 heterocycles. The first kappa shape index (κ1) is 21.0. The molecule has 5 nitrogen and oxygen atoms in total. The van der Waals surface area contributed by atoms with E-state index >= 15 is 0 Å². The van der Waals surface area contributed by atoms with Gasteiger partial charge in [-0.2, -0.15) is 0 Å². The molecule has 0 aliphatic heterocycles. The zero-order valence-corrected chi connectivity index (χ0v) is 15.9. The van der Waals surface area contributed by atoms with Crippen LogP contribution in [0.5, 0.6) is 5.75 Å². The van der Waals surface area contributed by atoms with E-state index in [2.05, 4.69) is 6.92 Å². The molecule has 5 heteroatoms. The number of hydrogen-bond donors (Lipinski definition) is 0. The maximum absolute atomic E-state index is 12.7. The second-order valence-corrected chi connectivity index (χ2v) is 6.35. The maximum atomic E-state index is 12.7. The highest BCUT2D eigenvalue weighted by atomic mass is 16.5. The molecule has 0 N–H and O–H groups in total. The highest BCUT2D eigenvalue weighted by molar-refractivity contribution is 5.80. The van der Waals surface area contributed by atoms with Crippen molar-refractivity contribution in [1.29, 1.82) is 0 Å². The number of carbonyl (C=O) groups excluding carboxylic acids is 2. The Morgan fingerprint density at radius 2 is 1.76 bits per heavy atom. The summed E-state index contributed by atoms with van der Waals surface area (Å²) >= 11 is 0. The van der Waals surface area contributed by atoms with Crippen molar-refractivity contribution in [3.05, 3.63) is 29.8 Å². The minimum atomic E-state index is -0.323. The van der Waals surface area contributed by atoms with Gasteiger partial charge in [-0.1, -0.05) is 45.2 Å². The van der Waals surface area contributed by atoms with Crippen LogP contribution in [0, 0.1) is 5.92 Å². The molecule has 1 atom stereocenters. The Labute approximate surface area is 151 Å². The van der Waals surface area contributed by atoms with Gasteiger partial charge in [0.15, 0.2) is 0 Å². The number of hydrogen-bond acceptors (Lipinski definition) is 4. The second kappa shape index (κ2) is 11.5. The molecule has 1 rings (SSSR count). The summed E-state index contributed by atoms with van der Waals surface area (Å²) in [6.07, 6.45) is 4.68. The van der Waals surface area contributed by atoms with Crippen molar-refractivity contribution in [3.63, 3.8) is 0 Å². The SMILES string of the molecule is CCCCCCN(CC(C)C(=O)OC)C(=O)Cc1ccc(OC)cc1. The number of amides is 1. The average molecular weight is 349 g/mol. The van der Waals surface area contributed by atoms with Crippen LogP contribution in [-0.2, 0) is 20.7 Å². The lowest BCUT2D eigenvalue weighted by Crippen LogP contribution is -2.38. The number of ether oxygens (including phenoxy) is 2. The summed E-state index contributed by atoms with van der Waals surface area (Å²) in [5.41, 5.74) is 0.940. The van der Waals surface area contributed by atoms with Crippen molar-refractivity contribution in [1.82, 2.24) is 4.90 Å². The predicted molar refractivity (Wildman–Crippen MR) is 98.6 cm³/mol. The van der Waals surface area contributed by atoms with E-state index in [-0.39, 0.29) is 17.8 Å². The Hall–Kier alpha value is -2.04. The molecule has 0 aliphatic rings. The molecule has 0 aliphatic carbocycles. The first-order valence-corrected chi connectivity index (χ1v) is 9.00. The fraction of sp³-hybridized carbons (Fsp3) is 0.600. The molecule has 1 unspecified atom stereocenters. The van der Waals surface area contributed by atoms with Crippen molar-refractivity contribution in [3.8, 4) is 5.75 Å². The van der Waals surface area contributed by atoms with Gasteiger partial charge in [0.25, 0.3) is 0 Å². The summed E-state index contributed by atoms with van der Waals surface area (Å²) in [6.45, 7) is 5.03. The lowest BCUT2D eigenvalue weighted by atomic mass is 10.1. The van der Waals surface area contributed by atoms with Crippen LogP contribution in [0.4, 0.5) is 0 Å². The van der Waals surface area contributed by atoms with E-state index in [1.807, 2.05) is 24.3 Å². The van der Waals surface area contributed by atoms with Crippen LogP contribution in [0.25, 0.3) is 0 Å². The minimum absolute atomic E-state index is 0.0393. The molecule has 0 saturated heterocycles. The van der Waals surface area contributed by atoms with Gasteiger partial charge in [0.2, 0.25) is 5.91 Å². The first-order chi connectivity index (χ1) is 12.0. The molecule has 1 aromatic carbocycles. The van der Waals surface area contributed by atoms with Gasteiger partial charge in [-0.25, -0.2) is 0 Å². The van der Waals surface area contributed by atoms with Crippen LogP contribution in [0.15, 0.2) is 24.3 Å². The number of unbranched alkanes of at least 4 members (excludes halogenated alkanes) is 3. The summed E-state index contributed by atoms with van der Waals surface area (Å²) in [5.74, 6) is 0.205. The first-order valence-electron chi connectivity index (χ1n) is 9.00. The van der Waals surface area contributed by atoms with Crippen LogP contribution < -0.4 is 4.74 Å². The third-order valence-corrected chi connectivity index (χ3v) is 4.25. The molecule has 1 amide bonds. The monoisotopic (exact) mass is 349 g/mol. The average Bonchev–Trinajstić information content (AvgIpc) is 2.63. The number of carbonyl (C=O) groups is 2. The molecule has 0 saturated carbocycles. The normalized spacial score (nSPS) is 11.7.